The van der Waals surface area contributed by atoms with Crippen LogP contribution in [0, 0.1) is 0 Å². The molecule has 0 spiro atoms. The number of rotatable bonds is 4. The number of hydrogen-bond donors (Lipinski definition) is 2. The Morgan fingerprint density at radius 2 is 1.84 bits per heavy atom. The van der Waals surface area contributed by atoms with Gasteiger partial charge in [0, 0.05) is 4.90 Å². The number of ether oxygens (including phenoxy) is 1. The molecule has 2 aromatic carbocycles. The summed E-state index contributed by atoms with van der Waals surface area (Å²) in [6.45, 7) is 0. The number of amides is 1. The van der Waals surface area contributed by atoms with Crippen LogP contribution in [-0.2, 0) is 11.2 Å². The monoisotopic (exact) mass is 273 g/mol. The van der Waals surface area contributed by atoms with Gasteiger partial charge in [0.2, 0.25) is 5.91 Å². The molecule has 4 heteroatoms. The molecule has 0 aliphatic rings. The molecule has 0 aromatic heterocycles. The summed E-state index contributed by atoms with van der Waals surface area (Å²) in [5.41, 5.74) is 1.67. The molecule has 2 rings (SSSR count). The second kappa shape index (κ2) is 6.29. The third-order valence-electron chi connectivity index (χ3n) is 2.70. The smallest absolute Gasteiger partial charge is 0.228 e. The van der Waals surface area contributed by atoms with Gasteiger partial charge in [0.1, 0.15) is 5.75 Å². The van der Waals surface area contributed by atoms with E-state index in [2.05, 4.69) is 17.9 Å². The number of nitrogens with one attached hydrogen (secondary N) is 1. The van der Waals surface area contributed by atoms with Gasteiger partial charge in [-0.05, 0) is 29.8 Å². The van der Waals surface area contributed by atoms with E-state index in [9.17, 15) is 4.79 Å². The molecular weight excluding hydrogens is 258 g/mol. The van der Waals surface area contributed by atoms with E-state index in [1.807, 2.05) is 48.5 Å². The third-order valence-corrected chi connectivity index (χ3v) is 3.09. The van der Waals surface area contributed by atoms with E-state index in [4.69, 9.17) is 4.74 Å². The first kappa shape index (κ1) is 13.5. The van der Waals surface area contributed by atoms with Gasteiger partial charge in [-0.2, -0.15) is 0 Å². The highest BCUT2D eigenvalue weighted by atomic mass is 32.1. The number of anilines is 1. The summed E-state index contributed by atoms with van der Waals surface area (Å²) < 4.78 is 5.07. The maximum atomic E-state index is 11.9. The Kier molecular flexibility index (Phi) is 4.47. The van der Waals surface area contributed by atoms with Crippen molar-refractivity contribution in [2.45, 2.75) is 11.3 Å². The lowest BCUT2D eigenvalue weighted by Crippen LogP contribution is -2.14. The van der Waals surface area contributed by atoms with Gasteiger partial charge in [-0.25, -0.2) is 0 Å². The van der Waals surface area contributed by atoms with E-state index >= 15 is 0 Å². The zero-order valence-corrected chi connectivity index (χ0v) is 11.5. The molecule has 0 aliphatic heterocycles. The molecule has 2 aromatic rings. The molecule has 0 aliphatic carbocycles. The number of para-hydroxylation sites is 1. The molecule has 19 heavy (non-hydrogen) atoms. The highest BCUT2D eigenvalue weighted by molar-refractivity contribution is 7.80. The fourth-order valence-corrected chi connectivity index (χ4v) is 1.92. The van der Waals surface area contributed by atoms with Gasteiger partial charge in [-0.15, -0.1) is 12.6 Å². The van der Waals surface area contributed by atoms with E-state index < -0.39 is 0 Å². The number of hydrogen-bond acceptors (Lipinski definition) is 3. The molecule has 3 nitrogen and oxygen atoms in total. The summed E-state index contributed by atoms with van der Waals surface area (Å²) in [5.74, 6) is 0.719. The summed E-state index contributed by atoms with van der Waals surface area (Å²) >= 11 is 4.29. The van der Waals surface area contributed by atoms with E-state index in [1.165, 1.54) is 0 Å². The van der Waals surface area contributed by atoms with Gasteiger partial charge in [-0.1, -0.05) is 24.3 Å². The molecule has 0 saturated heterocycles. The molecule has 0 bridgehead atoms. The van der Waals surface area contributed by atoms with Crippen molar-refractivity contribution in [2.24, 2.45) is 0 Å². The van der Waals surface area contributed by atoms with Crippen molar-refractivity contribution in [1.82, 2.24) is 0 Å². The predicted molar refractivity (Wildman–Crippen MR) is 79.0 cm³/mol. The molecule has 98 valence electrons. The van der Waals surface area contributed by atoms with Crippen LogP contribution in [0.3, 0.4) is 0 Å². The zero-order valence-electron chi connectivity index (χ0n) is 10.6. The van der Waals surface area contributed by atoms with Gasteiger partial charge in [0.05, 0.1) is 19.2 Å². The van der Waals surface area contributed by atoms with E-state index in [-0.39, 0.29) is 5.91 Å². The largest absolute Gasteiger partial charge is 0.497 e. The number of carbonyl (C=O) groups is 1. The standard InChI is InChI=1S/C15H15NO2S/c1-18-12-8-6-11(7-9-12)10-15(17)16-13-4-2-3-5-14(13)19/h2-9,19H,10H2,1H3,(H,16,17). The summed E-state index contributed by atoms with van der Waals surface area (Å²) in [6, 6.07) is 14.9. The van der Waals surface area contributed by atoms with Crippen molar-refractivity contribution in [3.63, 3.8) is 0 Å². The second-order valence-electron chi connectivity index (χ2n) is 4.09. The summed E-state index contributed by atoms with van der Waals surface area (Å²) in [7, 11) is 1.62. The van der Waals surface area contributed by atoms with Crippen LogP contribution in [0.25, 0.3) is 0 Å². The lowest BCUT2D eigenvalue weighted by Gasteiger charge is -2.08. The summed E-state index contributed by atoms with van der Waals surface area (Å²) in [6.07, 6.45) is 0.326. The topological polar surface area (TPSA) is 38.3 Å². The van der Waals surface area contributed by atoms with Gasteiger partial charge in [0.25, 0.3) is 0 Å². The molecule has 0 unspecified atom stereocenters. The molecular formula is C15H15NO2S. The number of methoxy groups -OCH3 is 1. The van der Waals surface area contributed by atoms with Crippen molar-refractivity contribution in [3.05, 3.63) is 54.1 Å². The SMILES string of the molecule is COc1ccc(CC(=O)Nc2ccccc2S)cc1. The quantitative estimate of drug-likeness (QED) is 0.840. The first-order chi connectivity index (χ1) is 9.19. The van der Waals surface area contributed by atoms with Crippen LogP contribution in [0.15, 0.2) is 53.4 Å². The minimum absolute atomic E-state index is 0.0633. The van der Waals surface area contributed by atoms with Crippen LogP contribution in [0.1, 0.15) is 5.56 Å². The van der Waals surface area contributed by atoms with E-state index in [0.29, 0.717) is 6.42 Å². The average molecular weight is 273 g/mol. The molecule has 0 radical (unpaired) electrons. The van der Waals surface area contributed by atoms with Crippen LogP contribution in [0.4, 0.5) is 5.69 Å². The average Bonchev–Trinajstić information content (AvgIpc) is 2.42. The maximum Gasteiger partial charge on any atom is 0.228 e. The van der Waals surface area contributed by atoms with Crippen molar-refractivity contribution in [3.8, 4) is 5.75 Å². The van der Waals surface area contributed by atoms with Crippen molar-refractivity contribution in [1.29, 1.82) is 0 Å². The molecule has 1 amide bonds. The molecule has 0 saturated carbocycles. The van der Waals surface area contributed by atoms with Gasteiger partial charge >= 0.3 is 0 Å². The highest BCUT2D eigenvalue weighted by Crippen LogP contribution is 2.19. The molecule has 0 fully saturated rings. The van der Waals surface area contributed by atoms with E-state index in [1.54, 1.807) is 7.11 Å². The molecule has 1 N–H and O–H groups in total. The lowest BCUT2D eigenvalue weighted by atomic mass is 10.1. The van der Waals surface area contributed by atoms with E-state index in [0.717, 1.165) is 21.9 Å². The van der Waals surface area contributed by atoms with Crippen molar-refractivity contribution >= 4 is 24.2 Å². The molecule has 0 atom stereocenters. The predicted octanol–water partition coefficient (Wildman–Crippen LogP) is 3.17. The van der Waals surface area contributed by atoms with Crippen LogP contribution in [0.2, 0.25) is 0 Å². The van der Waals surface area contributed by atoms with Crippen LogP contribution in [0.5, 0.6) is 5.75 Å². The Morgan fingerprint density at radius 1 is 1.16 bits per heavy atom. The molecule has 0 heterocycles. The Bertz CT molecular complexity index is 567. The Labute approximate surface area is 118 Å². The zero-order chi connectivity index (χ0) is 13.7. The first-order valence-electron chi connectivity index (χ1n) is 5.90. The summed E-state index contributed by atoms with van der Waals surface area (Å²) in [4.78, 5) is 12.7. The fourth-order valence-electron chi connectivity index (χ4n) is 1.70. The third kappa shape index (κ3) is 3.76. The lowest BCUT2D eigenvalue weighted by molar-refractivity contribution is -0.115. The minimum atomic E-state index is -0.0633. The van der Waals surface area contributed by atoms with Crippen LogP contribution in [-0.4, -0.2) is 13.0 Å². The number of carbonyl (C=O) groups excluding carboxylic acids is 1. The van der Waals surface area contributed by atoms with Gasteiger partial charge in [0.15, 0.2) is 0 Å². The Hall–Kier alpha value is -1.94. The second-order valence-corrected chi connectivity index (χ2v) is 4.57. The Balaban J connectivity index is 1.99. The van der Waals surface area contributed by atoms with Gasteiger partial charge in [-0.3, -0.25) is 4.79 Å². The minimum Gasteiger partial charge on any atom is -0.497 e. The number of benzene rings is 2. The highest BCUT2D eigenvalue weighted by Gasteiger charge is 2.06. The first-order valence-corrected chi connectivity index (χ1v) is 6.34. The number of thiol groups is 1. The van der Waals surface area contributed by atoms with Crippen LogP contribution < -0.4 is 10.1 Å². The van der Waals surface area contributed by atoms with Crippen molar-refractivity contribution in [2.75, 3.05) is 12.4 Å². The normalized spacial score (nSPS) is 10.0. The Morgan fingerprint density at radius 3 is 2.47 bits per heavy atom. The summed E-state index contributed by atoms with van der Waals surface area (Å²) in [5, 5.41) is 2.84. The fraction of sp³-hybridized carbons (Fsp3) is 0.133. The van der Waals surface area contributed by atoms with Gasteiger partial charge < -0.3 is 10.1 Å². The maximum absolute atomic E-state index is 11.9. The van der Waals surface area contributed by atoms with Crippen LogP contribution >= 0.6 is 12.6 Å². The van der Waals surface area contributed by atoms with Crippen molar-refractivity contribution < 1.29 is 9.53 Å².